The van der Waals surface area contributed by atoms with E-state index in [0.29, 0.717) is 30.4 Å². The number of ether oxygens (including phenoxy) is 2. The molecule has 4 aromatic heterocycles. The van der Waals surface area contributed by atoms with Crippen LogP contribution in [-0.2, 0) is 23.9 Å². The lowest BCUT2D eigenvalue weighted by Gasteiger charge is -2.26. The molecule has 54 heavy (non-hydrogen) atoms. The number of hydrogen-bond acceptors (Lipinski definition) is 16. The average Bonchev–Trinajstić information content (AvgIpc) is 3.92. The van der Waals surface area contributed by atoms with Crippen molar-refractivity contribution in [3.05, 3.63) is 80.7 Å². The molecule has 1 aliphatic heterocycles. The molecule has 16 nitrogen and oxygen atoms in total. The van der Waals surface area contributed by atoms with E-state index >= 15 is 0 Å². The zero-order valence-corrected chi connectivity index (χ0v) is 31.0. The van der Waals surface area contributed by atoms with Crippen LogP contribution < -0.4 is 11.1 Å². The summed E-state index contributed by atoms with van der Waals surface area (Å²) < 4.78 is 13.8. The topological polar surface area (TPSA) is 223 Å². The van der Waals surface area contributed by atoms with Crippen molar-refractivity contribution in [2.75, 3.05) is 24.3 Å². The van der Waals surface area contributed by atoms with Gasteiger partial charge in [0.2, 0.25) is 5.95 Å². The molecule has 7 rings (SSSR count). The van der Waals surface area contributed by atoms with E-state index in [1.807, 2.05) is 50.2 Å². The Morgan fingerprint density at radius 2 is 1.52 bits per heavy atom. The number of hydrogen-bond donors (Lipinski definition) is 3. The Hall–Kier alpha value is -5.88. The first kappa shape index (κ1) is 44.3. The third-order valence-electron chi connectivity index (χ3n) is 7.39. The fourth-order valence-electron chi connectivity index (χ4n) is 5.07. The van der Waals surface area contributed by atoms with Gasteiger partial charge in [0.15, 0.2) is 6.29 Å². The van der Waals surface area contributed by atoms with Crippen molar-refractivity contribution in [1.29, 1.82) is 0 Å². The summed E-state index contributed by atoms with van der Waals surface area (Å²) in [6, 6.07) is 15.9. The van der Waals surface area contributed by atoms with Crippen molar-refractivity contribution in [1.82, 2.24) is 40.8 Å². The summed E-state index contributed by atoms with van der Waals surface area (Å²) >= 11 is 3.21. The Morgan fingerprint density at radius 3 is 2.02 bits per heavy atom. The minimum absolute atomic E-state index is 0. The number of esters is 2. The summed E-state index contributed by atoms with van der Waals surface area (Å²) in [5.41, 5.74) is 8.44. The Morgan fingerprint density at radius 1 is 0.907 bits per heavy atom. The van der Waals surface area contributed by atoms with Crippen LogP contribution in [0.25, 0.3) is 20.2 Å². The molecule has 0 amide bonds. The van der Waals surface area contributed by atoms with Crippen LogP contribution in [0.4, 0.5) is 11.9 Å². The van der Waals surface area contributed by atoms with Gasteiger partial charge in [0.05, 0.1) is 23.7 Å². The molecule has 0 saturated carbocycles. The summed E-state index contributed by atoms with van der Waals surface area (Å²) in [6.07, 6.45) is 0.827. The van der Waals surface area contributed by atoms with Crippen molar-refractivity contribution in [2.45, 2.75) is 68.9 Å². The van der Waals surface area contributed by atoms with Gasteiger partial charge in [-0.25, -0.2) is 4.79 Å². The van der Waals surface area contributed by atoms with Crippen LogP contribution in [-0.4, -0.2) is 78.1 Å². The van der Waals surface area contributed by atoms with Gasteiger partial charge in [-0.3, -0.25) is 14.4 Å². The second-order valence-corrected chi connectivity index (χ2v) is 13.1. The number of aromatic nitrogens is 8. The number of aldehydes is 1. The number of tetrazole rings is 2. The number of nitrogens with one attached hydrogen (secondary N) is 2. The smallest absolute Gasteiger partial charge is 0.338 e. The van der Waals surface area contributed by atoms with Crippen molar-refractivity contribution in [2.24, 2.45) is 0 Å². The number of aryl methyl sites for hydroxylation is 2. The molecule has 0 bridgehead atoms. The quantitative estimate of drug-likeness (QED) is 0.0877. The van der Waals surface area contributed by atoms with Crippen LogP contribution in [0.1, 0.15) is 80.7 Å². The number of fused-ring (bicyclic) bond motifs is 3. The number of nitrogens with zero attached hydrogens (tertiary/aromatic N) is 7. The third-order valence-corrected chi connectivity index (χ3v) is 9.91. The highest BCUT2D eigenvalue weighted by atomic mass is 32.1. The molecule has 18 heteroatoms. The Kier molecular flexibility index (Phi) is 17.2. The summed E-state index contributed by atoms with van der Waals surface area (Å²) in [6.45, 7) is 11.4. The van der Waals surface area contributed by atoms with Gasteiger partial charge in [0, 0.05) is 20.0 Å². The first-order valence-corrected chi connectivity index (χ1v) is 17.6. The van der Waals surface area contributed by atoms with E-state index in [0.717, 1.165) is 27.2 Å². The number of Topliss-reactive ketones (excluding diaryl/α,β-unsaturated/α-hetero) is 1. The number of H-pyrrole nitrogens is 1. The summed E-state index contributed by atoms with van der Waals surface area (Å²) in [4.78, 5) is 45.8. The number of carbonyl (C=O) groups is 4. The second kappa shape index (κ2) is 21.0. The van der Waals surface area contributed by atoms with Crippen LogP contribution in [0.3, 0.4) is 0 Å². The molecule has 4 N–H and O–H groups in total. The molecule has 0 saturated heterocycles. The highest BCUT2D eigenvalue weighted by Crippen LogP contribution is 2.42. The normalized spacial score (nSPS) is 12.4. The number of ketones is 1. The molecule has 1 aliphatic rings. The molecule has 2 aromatic carbocycles. The summed E-state index contributed by atoms with van der Waals surface area (Å²) in [5, 5.41) is 29.4. The van der Waals surface area contributed by atoms with Crippen molar-refractivity contribution in [3.63, 3.8) is 0 Å². The Bertz CT molecular complexity index is 2190. The predicted octanol–water partition coefficient (Wildman–Crippen LogP) is 6.65. The maximum atomic E-state index is 12.7. The molecule has 1 atom stereocenters. The minimum atomic E-state index is -0.440. The minimum Gasteiger partial charge on any atom is -0.466 e. The standard InChI is InChI=1S/C17H17N5O2S.C10H8OS.C6H10O3.CH3N5.2CH4/c1-4-24-16(23)13-10(3)18-17-19-20-21-22(17)14(13)15-9(2)11-7-5-6-8-12(11)25-15;1-7-8-4-2-3-5-9(8)12-10(7)6-11;1-3-9-6(8)4-5(2)7;2-1-3-5-6-4-1;;/h5-8,14H,4H2,1-3H3,(H,18,19,21);2-6H,1H3;3-4H2,1-2H3;(H3,2,3,4,5,6);2*1H4. The zero-order valence-electron chi connectivity index (χ0n) is 29.4. The van der Waals surface area contributed by atoms with E-state index < -0.39 is 12.0 Å². The third kappa shape index (κ3) is 10.8. The van der Waals surface area contributed by atoms with E-state index in [9.17, 15) is 19.2 Å². The van der Waals surface area contributed by atoms with E-state index in [2.05, 4.69) is 65.3 Å². The van der Waals surface area contributed by atoms with Crippen LogP contribution >= 0.6 is 22.7 Å². The van der Waals surface area contributed by atoms with E-state index in [4.69, 9.17) is 10.5 Å². The number of anilines is 2. The van der Waals surface area contributed by atoms with Gasteiger partial charge in [0.1, 0.15) is 18.2 Å². The molecule has 0 aliphatic carbocycles. The first-order chi connectivity index (χ1) is 25.0. The number of nitrogen functional groups attached to an aromatic ring is 1. The number of benzene rings is 2. The van der Waals surface area contributed by atoms with Crippen LogP contribution in [0, 0.1) is 13.8 Å². The van der Waals surface area contributed by atoms with Gasteiger partial charge in [0.25, 0.3) is 5.95 Å². The fraction of sp³-hybridized carbons (Fsp3) is 0.333. The number of aromatic amines is 1. The maximum Gasteiger partial charge on any atom is 0.338 e. The summed E-state index contributed by atoms with van der Waals surface area (Å²) in [7, 11) is 0. The first-order valence-electron chi connectivity index (χ1n) is 16.0. The average molecular weight is 779 g/mol. The van der Waals surface area contributed by atoms with Gasteiger partial charge in [-0.05, 0) is 91.2 Å². The van der Waals surface area contributed by atoms with Crippen molar-refractivity contribution in [3.8, 4) is 0 Å². The molecule has 0 spiro atoms. The van der Waals surface area contributed by atoms with Crippen molar-refractivity contribution >= 4 is 78.8 Å². The SMILES string of the molecule is C.C.CCOC(=O)C1=C(C)Nc2nnnn2C1c1sc2ccccc2c1C.CCOC(=O)CC(C)=O.Cc1c(C=O)sc2ccccc12.Nc1nn[nH]n1. The van der Waals surface area contributed by atoms with E-state index in [-0.39, 0.29) is 39.0 Å². The molecule has 0 radical (unpaired) electrons. The number of allylic oxidation sites excluding steroid dienone is 1. The zero-order chi connectivity index (χ0) is 37.8. The number of nitrogens with two attached hydrogens (primary N) is 1. The molecule has 6 aromatic rings. The highest BCUT2D eigenvalue weighted by Gasteiger charge is 2.37. The predicted molar refractivity (Wildman–Crippen MR) is 211 cm³/mol. The van der Waals surface area contributed by atoms with E-state index in [1.165, 1.54) is 27.1 Å². The lowest BCUT2D eigenvalue weighted by Crippen LogP contribution is -2.29. The maximum absolute atomic E-state index is 12.7. The van der Waals surface area contributed by atoms with Crippen LogP contribution in [0.2, 0.25) is 0 Å². The molecular formula is C36H46N10O6S2. The molecular weight excluding hydrogens is 733 g/mol. The summed E-state index contributed by atoms with van der Waals surface area (Å²) in [5.74, 6) is -0.253. The number of rotatable bonds is 7. The van der Waals surface area contributed by atoms with Crippen LogP contribution in [0.5, 0.6) is 0 Å². The monoisotopic (exact) mass is 778 g/mol. The fourth-order valence-corrected chi connectivity index (χ4v) is 7.41. The lowest BCUT2D eigenvalue weighted by molar-refractivity contribution is -0.145. The number of carbonyl (C=O) groups excluding carboxylic acids is 4. The molecule has 288 valence electrons. The Labute approximate surface area is 321 Å². The van der Waals surface area contributed by atoms with Crippen molar-refractivity contribution < 1.29 is 28.7 Å². The molecule has 1 unspecified atom stereocenters. The lowest BCUT2D eigenvalue weighted by atomic mass is 9.98. The second-order valence-electron chi connectivity index (χ2n) is 11.0. The van der Waals surface area contributed by atoms with Crippen LogP contribution in [0.15, 0.2) is 59.8 Å². The van der Waals surface area contributed by atoms with E-state index in [1.54, 1.807) is 41.2 Å². The largest absolute Gasteiger partial charge is 0.466 e. The molecule has 5 heterocycles. The van der Waals surface area contributed by atoms with Gasteiger partial charge in [-0.1, -0.05) is 61.4 Å². The van der Waals surface area contributed by atoms with Gasteiger partial charge in [-0.15, -0.1) is 27.8 Å². The highest BCUT2D eigenvalue weighted by molar-refractivity contribution is 7.20. The Balaban J connectivity index is 0.000000289. The number of thiophene rings is 2. The van der Waals surface area contributed by atoms with Gasteiger partial charge >= 0.3 is 11.9 Å². The van der Waals surface area contributed by atoms with Gasteiger partial charge < -0.3 is 20.5 Å². The molecule has 0 fully saturated rings. The van der Waals surface area contributed by atoms with Gasteiger partial charge in [-0.2, -0.15) is 9.90 Å².